The van der Waals surface area contributed by atoms with E-state index < -0.39 is 0 Å². The number of carbonyl (C=O) groups is 1. The third kappa shape index (κ3) is 4.75. The lowest BCUT2D eigenvalue weighted by atomic mass is 9.71. The zero-order valence-electron chi connectivity index (χ0n) is 16.2. The molecule has 1 aromatic rings. The van der Waals surface area contributed by atoms with Crippen molar-refractivity contribution in [2.24, 2.45) is 11.3 Å². The van der Waals surface area contributed by atoms with Crippen LogP contribution in [-0.2, 0) is 11.2 Å². The van der Waals surface area contributed by atoms with Gasteiger partial charge in [0.25, 0.3) is 0 Å². The molecule has 1 aromatic carbocycles. The highest BCUT2D eigenvalue weighted by Gasteiger charge is 2.30. The van der Waals surface area contributed by atoms with E-state index in [0.29, 0.717) is 17.9 Å². The summed E-state index contributed by atoms with van der Waals surface area (Å²) in [4.78, 5) is 12.5. The molecule has 0 radical (unpaired) electrons. The molecule has 1 aliphatic carbocycles. The number of methoxy groups -OCH3 is 1. The zero-order valence-corrected chi connectivity index (χ0v) is 16.2. The number of nitrogens with one attached hydrogen (secondary N) is 1. The van der Waals surface area contributed by atoms with Gasteiger partial charge in [-0.25, -0.2) is 0 Å². The number of hydrogen-bond acceptors (Lipinski definition) is 2. The third-order valence-corrected chi connectivity index (χ3v) is 5.56. The largest absolute Gasteiger partial charge is 0.497 e. The van der Waals surface area contributed by atoms with Gasteiger partial charge in [-0.3, -0.25) is 4.79 Å². The lowest BCUT2D eigenvalue weighted by molar-refractivity contribution is -0.121. The summed E-state index contributed by atoms with van der Waals surface area (Å²) in [5.74, 6) is 1.77. The van der Waals surface area contributed by atoms with Crippen LogP contribution in [0.3, 0.4) is 0 Å². The SMILES string of the molecule is COc1cc(C)c(CC(=O)NC2CCC(C(C)(C)C)CC2)c(C)c1. The number of ether oxygens (including phenoxy) is 1. The summed E-state index contributed by atoms with van der Waals surface area (Å²) in [6.07, 6.45) is 5.10. The van der Waals surface area contributed by atoms with E-state index >= 15 is 0 Å². The van der Waals surface area contributed by atoms with Crippen LogP contribution < -0.4 is 10.1 Å². The maximum absolute atomic E-state index is 12.5. The number of benzene rings is 1. The first-order chi connectivity index (χ1) is 11.2. The van der Waals surface area contributed by atoms with E-state index in [9.17, 15) is 4.79 Å². The molecule has 2 rings (SSSR count). The van der Waals surface area contributed by atoms with Crippen molar-refractivity contribution < 1.29 is 9.53 Å². The lowest BCUT2D eigenvalue weighted by Crippen LogP contribution is -2.40. The molecular weight excluding hydrogens is 298 g/mol. The fourth-order valence-electron chi connectivity index (χ4n) is 3.89. The first kappa shape index (κ1) is 18.8. The van der Waals surface area contributed by atoms with Gasteiger partial charge >= 0.3 is 0 Å². The van der Waals surface area contributed by atoms with E-state index in [-0.39, 0.29) is 5.91 Å². The Morgan fingerprint density at radius 1 is 1.12 bits per heavy atom. The van der Waals surface area contributed by atoms with E-state index in [1.165, 1.54) is 12.8 Å². The quantitative estimate of drug-likeness (QED) is 0.877. The van der Waals surface area contributed by atoms with Crippen LogP contribution in [0.4, 0.5) is 0 Å². The number of rotatable bonds is 4. The Kier molecular flexibility index (Phi) is 5.95. The molecule has 1 amide bonds. The Hall–Kier alpha value is -1.51. The maximum atomic E-state index is 12.5. The Balaban J connectivity index is 1.91. The van der Waals surface area contributed by atoms with Crippen molar-refractivity contribution in [1.82, 2.24) is 5.32 Å². The molecule has 1 saturated carbocycles. The molecule has 0 aromatic heterocycles. The normalized spacial score (nSPS) is 21.4. The molecular formula is C21H33NO2. The van der Waals surface area contributed by atoms with Gasteiger partial charge in [0.2, 0.25) is 5.91 Å². The second-order valence-corrected chi connectivity index (χ2v) is 8.40. The minimum absolute atomic E-state index is 0.144. The summed E-state index contributed by atoms with van der Waals surface area (Å²) in [6, 6.07) is 4.35. The predicted octanol–water partition coefficient (Wildman–Crippen LogP) is 4.58. The van der Waals surface area contributed by atoms with Gasteiger partial charge in [-0.1, -0.05) is 20.8 Å². The van der Waals surface area contributed by atoms with E-state index in [0.717, 1.165) is 41.2 Å². The van der Waals surface area contributed by atoms with Gasteiger partial charge in [0.15, 0.2) is 0 Å². The number of hydrogen-bond donors (Lipinski definition) is 1. The Morgan fingerprint density at radius 3 is 2.12 bits per heavy atom. The summed E-state index contributed by atoms with van der Waals surface area (Å²) in [5.41, 5.74) is 3.75. The molecule has 1 aliphatic rings. The summed E-state index contributed by atoms with van der Waals surface area (Å²) in [6.45, 7) is 11.1. The van der Waals surface area contributed by atoms with Crippen molar-refractivity contribution in [2.45, 2.75) is 72.8 Å². The molecule has 0 bridgehead atoms. The third-order valence-electron chi connectivity index (χ3n) is 5.56. The lowest BCUT2D eigenvalue weighted by Gasteiger charge is -2.37. The summed E-state index contributed by atoms with van der Waals surface area (Å²) in [5, 5.41) is 3.25. The molecule has 1 N–H and O–H groups in total. The van der Waals surface area contributed by atoms with Crippen LogP contribution in [0.15, 0.2) is 12.1 Å². The second-order valence-electron chi connectivity index (χ2n) is 8.40. The average Bonchev–Trinajstić information content (AvgIpc) is 2.50. The van der Waals surface area contributed by atoms with E-state index in [1.807, 2.05) is 26.0 Å². The highest BCUT2D eigenvalue weighted by molar-refractivity contribution is 5.79. The first-order valence-corrected chi connectivity index (χ1v) is 9.14. The van der Waals surface area contributed by atoms with Gasteiger partial charge < -0.3 is 10.1 Å². The minimum Gasteiger partial charge on any atom is -0.497 e. The maximum Gasteiger partial charge on any atom is 0.224 e. The number of amides is 1. The molecule has 0 spiro atoms. The molecule has 0 atom stereocenters. The van der Waals surface area contributed by atoms with Gasteiger partial charge in [0.05, 0.1) is 13.5 Å². The summed E-state index contributed by atoms with van der Waals surface area (Å²) in [7, 11) is 1.68. The van der Waals surface area contributed by atoms with Gasteiger partial charge in [0.1, 0.15) is 5.75 Å². The van der Waals surface area contributed by atoms with E-state index in [2.05, 4.69) is 26.1 Å². The molecule has 3 heteroatoms. The van der Waals surface area contributed by atoms with Crippen molar-refractivity contribution in [3.8, 4) is 5.75 Å². The van der Waals surface area contributed by atoms with Crippen molar-refractivity contribution in [2.75, 3.05) is 7.11 Å². The number of carbonyl (C=O) groups excluding carboxylic acids is 1. The Bertz CT molecular complexity index is 555. The topological polar surface area (TPSA) is 38.3 Å². The summed E-state index contributed by atoms with van der Waals surface area (Å²) < 4.78 is 5.29. The molecule has 134 valence electrons. The van der Waals surface area contributed by atoms with Crippen LogP contribution in [0.2, 0.25) is 0 Å². The van der Waals surface area contributed by atoms with Crippen LogP contribution in [0.25, 0.3) is 0 Å². The van der Waals surface area contributed by atoms with Crippen LogP contribution in [-0.4, -0.2) is 19.1 Å². The van der Waals surface area contributed by atoms with Crippen LogP contribution >= 0.6 is 0 Å². The van der Waals surface area contributed by atoms with Gasteiger partial charge in [-0.15, -0.1) is 0 Å². The molecule has 1 fully saturated rings. The van der Waals surface area contributed by atoms with Gasteiger partial charge in [-0.2, -0.15) is 0 Å². The Morgan fingerprint density at radius 2 is 1.67 bits per heavy atom. The minimum atomic E-state index is 0.144. The first-order valence-electron chi connectivity index (χ1n) is 9.14. The second kappa shape index (κ2) is 7.58. The van der Waals surface area contributed by atoms with E-state index in [4.69, 9.17) is 4.74 Å². The molecule has 0 saturated heterocycles. The van der Waals surface area contributed by atoms with Crippen LogP contribution in [0, 0.1) is 25.2 Å². The molecule has 0 heterocycles. The van der Waals surface area contributed by atoms with Crippen molar-refractivity contribution in [3.63, 3.8) is 0 Å². The average molecular weight is 332 g/mol. The van der Waals surface area contributed by atoms with Crippen molar-refractivity contribution in [1.29, 1.82) is 0 Å². The summed E-state index contributed by atoms with van der Waals surface area (Å²) >= 11 is 0. The standard InChI is InChI=1S/C21H33NO2/c1-14-11-18(24-6)12-15(2)19(14)13-20(23)22-17-9-7-16(8-10-17)21(3,4)5/h11-12,16-17H,7-10,13H2,1-6H3,(H,22,23). The number of aryl methyl sites for hydroxylation is 2. The smallest absolute Gasteiger partial charge is 0.224 e. The van der Waals surface area contributed by atoms with Crippen LogP contribution in [0.5, 0.6) is 5.75 Å². The van der Waals surface area contributed by atoms with Gasteiger partial charge in [-0.05, 0) is 79.7 Å². The fraction of sp³-hybridized carbons (Fsp3) is 0.667. The monoisotopic (exact) mass is 331 g/mol. The van der Waals surface area contributed by atoms with Crippen molar-refractivity contribution in [3.05, 3.63) is 28.8 Å². The highest BCUT2D eigenvalue weighted by atomic mass is 16.5. The predicted molar refractivity (Wildman–Crippen MR) is 99.5 cm³/mol. The van der Waals surface area contributed by atoms with E-state index in [1.54, 1.807) is 7.11 Å². The molecule has 0 unspecified atom stereocenters. The molecule has 24 heavy (non-hydrogen) atoms. The molecule has 3 nitrogen and oxygen atoms in total. The highest BCUT2D eigenvalue weighted by Crippen LogP contribution is 2.37. The van der Waals surface area contributed by atoms with Gasteiger partial charge in [0, 0.05) is 6.04 Å². The molecule has 0 aliphatic heterocycles. The zero-order chi connectivity index (χ0) is 17.9. The Labute approximate surface area is 147 Å². The van der Waals surface area contributed by atoms with Crippen LogP contribution in [0.1, 0.15) is 63.1 Å². The van der Waals surface area contributed by atoms with Crippen molar-refractivity contribution >= 4 is 5.91 Å². The fourth-order valence-corrected chi connectivity index (χ4v) is 3.89.